The molecule has 1 aliphatic heterocycles. The third-order valence-corrected chi connectivity index (χ3v) is 3.85. The molecule has 17 heavy (non-hydrogen) atoms. The molecule has 0 spiro atoms. The van der Waals surface area contributed by atoms with Gasteiger partial charge < -0.3 is 14.5 Å². The molecule has 1 fully saturated rings. The zero-order valence-corrected chi connectivity index (χ0v) is 10.5. The summed E-state index contributed by atoms with van der Waals surface area (Å²) < 4.78 is 5.31. The van der Waals surface area contributed by atoms with E-state index in [9.17, 15) is 0 Å². The number of nitrogens with two attached hydrogens (primary N) is 1. The number of nitrogens with zero attached hydrogens (tertiary/aromatic N) is 2. The van der Waals surface area contributed by atoms with Crippen LogP contribution in [-0.4, -0.2) is 37.2 Å². The first-order valence-electron chi connectivity index (χ1n) is 5.54. The Hall–Kier alpha value is -1.18. The number of thiazole rings is 1. The van der Waals surface area contributed by atoms with Crippen LogP contribution in [0.3, 0.4) is 0 Å². The van der Waals surface area contributed by atoms with Crippen LogP contribution >= 0.6 is 11.3 Å². The van der Waals surface area contributed by atoms with E-state index in [-0.39, 0.29) is 5.90 Å². The van der Waals surface area contributed by atoms with Crippen LogP contribution < -0.4 is 10.8 Å². The molecule has 0 amide bonds. The van der Waals surface area contributed by atoms with E-state index in [1.54, 1.807) is 11.3 Å². The van der Waals surface area contributed by atoms with Gasteiger partial charge in [-0.1, -0.05) is 6.92 Å². The van der Waals surface area contributed by atoms with E-state index in [2.05, 4.69) is 14.7 Å². The molecule has 0 saturated carbocycles. The van der Waals surface area contributed by atoms with Gasteiger partial charge in [0, 0.05) is 13.1 Å². The molecule has 2 rings (SSSR count). The number of hydrogen-bond donors (Lipinski definition) is 2. The predicted octanol–water partition coefficient (Wildman–Crippen LogP) is 0.758. The van der Waals surface area contributed by atoms with Crippen molar-refractivity contribution in [3.63, 3.8) is 0 Å². The van der Waals surface area contributed by atoms with Crippen LogP contribution in [0.2, 0.25) is 0 Å². The Morgan fingerprint density at radius 2 is 2.29 bits per heavy atom. The van der Waals surface area contributed by atoms with Gasteiger partial charge in [0.05, 0.1) is 18.2 Å². The molecule has 1 aliphatic rings. The molecule has 1 saturated heterocycles. The van der Waals surface area contributed by atoms with E-state index in [0.29, 0.717) is 18.9 Å². The third-order valence-electron chi connectivity index (χ3n) is 2.59. The highest BCUT2D eigenvalue weighted by Gasteiger charge is 2.22. The van der Waals surface area contributed by atoms with Crippen molar-refractivity contribution in [2.24, 2.45) is 5.90 Å². The molecule has 0 aliphatic carbocycles. The summed E-state index contributed by atoms with van der Waals surface area (Å²) in [5, 5.41) is 9.61. The van der Waals surface area contributed by atoms with Gasteiger partial charge in [-0.25, -0.2) is 4.98 Å². The summed E-state index contributed by atoms with van der Waals surface area (Å²) in [6.45, 7) is 5.08. The monoisotopic (exact) mass is 256 g/mol. The molecule has 0 radical (unpaired) electrons. The fourth-order valence-corrected chi connectivity index (χ4v) is 2.74. The number of nitrogens with one attached hydrogen (secondary N) is 1. The average Bonchev–Trinajstić information content (AvgIpc) is 2.83. The summed E-state index contributed by atoms with van der Waals surface area (Å²) in [6.07, 6.45) is 0.847. The van der Waals surface area contributed by atoms with Crippen LogP contribution in [0, 0.1) is 5.41 Å². The van der Waals surface area contributed by atoms with Crippen molar-refractivity contribution >= 4 is 22.2 Å². The number of ether oxygens (including phenoxy) is 1. The van der Waals surface area contributed by atoms with E-state index in [4.69, 9.17) is 16.0 Å². The lowest BCUT2D eigenvalue weighted by Crippen LogP contribution is -2.36. The van der Waals surface area contributed by atoms with Crippen molar-refractivity contribution in [3.05, 3.63) is 10.7 Å². The van der Waals surface area contributed by atoms with Gasteiger partial charge in [-0.3, -0.25) is 5.41 Å². The summed E-state index contributed by atoms with van der Waals surface area (Å²) in [4.78, 5) is 11.0. The van der Waals surface area contributed by atoms with Gasteiger partial charge in [-0.2, -0.15) is 5.90 Å². The Balaban J connectivity index is 2.29. The molecule has 94 valence electrons. The first kappa shape index (κ1) is 12.3. The number of aromatic nitrogens is 1. The van der Waals surface area contributed by atoms with E-state index in [1.807, 2.05) is 6.92 Å². The Bertz CT molecular complexity index is 401. The second-order valence-electron chi connectivity index (χ2n) is 3.66. The Labute approximate surface area is 104 Å². The molecular formula is C10H16N4O2S. The Kier molecular flexibility index (Phi) is 3.93. The van der Waals surface area contributed by atoms with Crippen LogP contribution in [0.25, 0.3) is 0 Å². The van der Waals surface area contributed by atoms with Crippen molar-refractivity contribution in [1.82, 2.24) is 4.98 Å². The molecule has 0 unspecified atom stereocenters. The van der Waals surface area contributed by atoms with Crippen LogP contribution in [0.5, 0.6) is 0 Å². The largest absolute Gasteiger partial charge is 0.389 e. The highest BCUT2D eigenvalue weighted by molar-refractivity contribution is 7.16. The molecule has 7 heteroatoms. The topological polar surface area (TPSA) is 84.5 Å². The van der Waals surface area contributed by atoms with E-state index in [1.165, 1.54) is 0 Å². The summed E-state index contributed by atoms with van der Waals surface area (Å²) in [5.74, 6) is 4.97. The molecule has 2 heterocycles. The van der Waals surface area contributed by atoms with Gasteiger partial charge >= 0.3 is 0 Å². The summed E-state index contributed by atoms with van der Waals surface area (Å²) >= 11 is 1.59. The van der Waals surface area contributed by atoms with E-state index >= 15 is 0 Å². The van der Waals surface area contributed by atoms with Crippen LogP contribution in [-0.2, 0) is 16.0 Å². The van der Waals surface area contributed by atoms with Gasteiger partial charge in [-0.05, 0) is 6.42 Å². The maximum absolute atomic E-state index is 7.67. The van der Waals surface area contributed by atoms with Gasteiger partial charge in [0.2, 0.25) is 0 Å². The van der Waals surface area contributed by atoms with Gasteiger partial charge in [0.15, 0.2) is 5.69 Å². The van der Waals surface area contributed by atoms with Crippen LogP contribution in [0.4, 0.5) is 5.00 Å². The first-order valence-corrected chi connectivity index (χ1v) is 6.36. The first-order chi connectivity index (χ1) is 8.26. The fraction of sp³-hybridized carbons (Fsp3) is 0.600. The number of aryl methyl sites for hydroxylation is 1. The van der Waals surface area contributed by atoms with Crippen LogP contribution in [0.15, 0.2) is 0 Å². The van der Waals surface area contributed by atoms with Crippen molar-refractivity contribution in [3.8, 4) is 0 Å². The smallest absolute Gasteiger partial charge is 0.259 e. The highest BCUT2D eigenvalue weighted by Crippen LogP contribution is 2.30. The minimum atomic E-state index is -0.0811. The Morgan fingerprint density at radius 3 is 2.88 bits per heavy atom. The summed E-state index contributed by atoms with van der Waals surface area (Å²) in [7, 11) is 0. The number of anilines is 1. The van der Waals surface area contributed by atoms with Crippen molar-refractivity contribution in [1.29, 1.82) is 5.41 Å². The van der Waals surface area contributed by atoms with Gasteiger partial charge in [-0.15, -0.1) is 11.3 Å². The molecule has 6 nitrogen and oxygen atoms in total. The van der Waals surface area contributed by atoms with E-state index in [0.717, 1.165) is 29.5 Å². The lowest BCUT2D eigenvalue weighted by molar-refractivity contribution is 0.123. The lowest BCUT2D eigenvalue weighted by Gasteiger charge is -2.27. The van der Waals surface area contributed by atoms with Gasteiger partial charge in [0.25, 0.3) is 5.90 Å². The highest BCUT2D eigenvalue weighted by atomic mass is 32.1. The van der Waals surface area contributed by atoms with Crippen molar-refractivity contribution < 1.29 is 9.57 Å². The Morgan fingerprint density at radius 1 is 1.59 bits per heavy atom. The minimum Gasteiger partial charge on any atom is -0.389 e. The zero-order valence-electron chi connectivity index (χ0n) is 9.73. The number of hydrogen-bond acceptors (Lipinski definition) is 7. The predicted molar refractivity (Wildman–Crippen MR) is 66.6 cm³/mol. The quantitative estimate of drug-likeness (QED) is 0.474. The maximum Gasteiger partial charge on any atom is 0.259 e. The summed E-state index contributed by atoms with van der Waals surface area (Å²) in [6, 6.07) is 0. The maximum atomic E-state index is 7.67. The molecule has 3 N–H and O–H groups in total. The molecular weight excluding hydrogens is 240 g/mol. The zero-order chi connectivity index (χ0) is 12.3. The second-order valence-corrected chi connectivity index (χ2v) is 4.72. The van der Waals surface area contributed by atoms with Crippen molar-refractivity contribution in [2.75, 3.05) is 31.2 Å². The molecule has 0 atom stereocenters. The minimum absolute atomic E-state index is 0.0811. The summed E-state index contributed by atoms with van der Waals surface area (Å²) in [5.41, 5.74) is 0.538. The SMILES string of the molecule is CCc1nc(C(=N)ON)c(N2CCOCC2)s1. The standard InChI is InChI=1S/C10H16N4O2S/c1-2-7-13-8(9(11)16-12)10(17-7)14-3-5-15-6-4-14/h11H,2-6,12H2,1H3. The second kappa shape index (κ2) is 5.44. The lowest BCUT2D eigenvalue weighted by atomic mass is 10.3. The number of rotatable bonds is 3. The van der Waals surface area contributed by atoms with E-state index < -0.39 is 0 Å². The molecule has 1 aromatic heterocycles. The average molecular weight is 256 g/mol. The normalized spacial score (nSPS) is 16.0. The third kappa shape index (κ3) is 2.56. The molecule has 1 aromatic rings. The molecule has 0 aromatic carbocycles. The molecule has 0 bridgehead atoms. The van der Waals surface area contributed by atoms with Crippen molar-refractivity contribution in [2.45, 2.75) is 13.3 Å². The van der Waals surface area contributed by atoms with Crippen LogP contribution in [0.1, 0.15) is 17.6 Å². The fourth-order valence-electron chi connectivity index (χ4n) is 1.69. The number of morpholine rings is 1. The van der Waals surface area contributed by atoms with Gasteiger partial charge in [0.1, 0.15) is 5.00 Å².